The molecule has 1 aromatic rings. The largest absolute Gasteiger partial charge is 0.352 e. The lowest BCUT2D eigenvalue weighted by molar-refractivity contribution is -0.384. The molecule has 124 valence electrons. The number of likely N-dealkylation sites (N-methyl/N-ethyl adjacent to an activating group) is 1. The van der Waals surface area contributed by atoms with Crippen LogP contribution in [0.2, 0.25) is 0 Å². The second kappa shape index (κ2) is 7.19. The zero-order chi connectivity index (χ0) is 17.0. The Morgan fingerprint density at radius 3 is 2.52 bits per heavy atom. The topological polar surface area (TPSA) is 105 Å². The number of non-ortho nitro benzene ring substituents is 1. The van der Waals surface area contributed by atoms with Crippen LogP contribution in [0.1, 0.15) is 18.4 Å². The van der Waals surface area contributed by atoms with Crippen molar-refractivity contribution in [3.63, 3.8) is 0 Å². The van der Waals surface area contributed by atoms with Gasteiger partial charge in [0, 0.05) is 23.9 Å². The van der Waals surface area contributed by atoms with Gasteiger partial charge in [0.25, 0.3) is 5.69 Å². The van der Waals surface area contributed by atoms with Crippen molar-refractivity contribution in [2.75, 3.05) is 25.5 Å². The van der Waals surface area contributed by atoms with E-state index in [1.165, 1.54) is 18.2 Å². The predicted octanol–water partition coefficient (Wildman–Crippen LogP) is 1.05. The molecule has 1 aliphatic rings. The maximum atomic E-state index is 12.0. The maximum absolute atomic E-state index is 12.0. The van der Waals surface area contributed by atoms with Crippen LogP contribution in [-0.4, -0.2) is 47.8 Å². The van der Waals surface area contributed by atoms with E-state index in [9.17, 15) is 19.7 Å². The molecule has 1 fully saturated rings. The summed E-state index contributed by atoms with van der Waals surface area (Å²) in [4.78, 5) is 35.5. The number of nitrogens with one attached hydrogen (secondary N) is 2. The Morgan fingerprint density at radius 1 is 1.30 bits per heavy atom. The number of carbonyl (C=O) groups excluding carboxylic acids is 2. The van der Waals surface area contributed by atoms with E-state index in [1.54, 1.807) is 18.9 Å². The first-order valence-corrected chi connectivity index (χ1v) is 7.38. The van der Waals surface area contributed by atoms with E-state index in [1.807, 2.05) is 0 Å². The molecule has 2 rings (SSSR count). The second-order valence-electron chi connectivity index (χ2n) is 5.82. The monoisotopic (exact) mass is 320 g/mol. The number of rotatable bonds is 7. The molecule has 2 amide bonds. The third-order valence-corrected chi connectivity index (χ3v) is 3.46. The van der Waals surface area contributed by atoms with Crippen molar-refractivity contribution in [1.29, 1.82) is 0 Å². The minimum absolute atomic E-state index is 0.0191. The van der Waals surface area contributed by atoms with Crippen molar-refractivity contribution in [2.24, 2.45) is 0 Å². The van der Waals surface area contributed by atoms with Gasteiger partial charge in [-0.2, -0.15) is 0 Å². The lowest BCUT2D eigenvalue weighted by atomic mass is 10.2. The quantitative estimate of drug-likeness (QED) is 0.577. The normalized spacial score (nSPS) is 13.7. The van der Waals surface area contributed by atoms with Crippen LogP contribution in [0.15, 0.2) is 18.2 Å². The summed E-state index contributed by atoms with van der Waals surface area (Å²) in [6, 6.07) is 4.55. The molecule has 1 aromatic carbocycles. The van der Waals surface area contributed by atoms with Crippen LogP contribution < -0.4 is 10.6 Å². The number of aryl methyl sites for hydroxylation is 1. The van der Waals surface area contributed by atoms with Crippen LogP contribution in [0.5, 0.6) is 0 Å². The molecule has 1 aliphatic carbocycles. The molecule has 1 saturated carbocycles. The van der Waals surface area contributed by atoms with Gasteiger partial charge in [0.1, 0.15) is 0 Å². The summed E-state index contributed by atoms with van der Waals surface area (Å²) >= 11 is 0. The van der Waals surface area contributed by atoms with E-state index in [-0.39, 0.29) is 30.6 Å². The molecule has 0 atom stereocenters. The highest BCUT2D eigenvalue weighted by atomic mass is 16.6. The third kappa shape index (κ3) is 5.33. The van der Waals surface area contributed by atoms with Gasteiger partial charge in [-0.15, -0.1) is 0 Å². The summed E-state index contributed by atoms with van der Waals surface area (Å²) in [5, 5.41) is 16.2. The molecule has 0 aliphatic heterocycles. The minimum Gasteiger partial charge on any atom is -0.352 e. The highest BCUT2D eigenvalue weighted by Crippen LogP contribution is 2.21. The number of anilines is 1. The molecule has 0 radical (unpaired) electrons. The Balaban J connectivity index is 1.83. The van der Waals surface area contributed by atoms with Crippen molar-refractivity contribution in [1.82, 2.24) is 10.2 Å². The molecule has 2 N–H and O–H groups in total. The SMILES string of the molecule is Cc1cc([N+](=O)[O-])ccc1NC(=O)CN(C)CC(=O)NC1CC1. The molecule has 0 heterocycles. The molecule has 0 aromatic heterocycles. The first-order valence-electron chi connectivity index (χ1n) is 7.38. The molecule has 0 unspecified atom stereocenters. The highest BCUT2D eigenvalue weighted by Gasteiger charge is 2.23. The lowest BCUT2D eigenvalue weighted by Crippen LogP contribution is -2.39. The Labute approximate surface area is 134 Å². The summed E-state index contributed by atoms with van der Waals surface area (Å²) in [5.41, 5.74) is 1.12. The molecular formula is C15H20N4O4. The van der Waals surface area contributed by atoms with Gasteiger partial charge < -0.3 is 10.6 Å². The fourth-order valence-corrected chi connectivity index (χ4v) is 2.14. The first kappa shape index (κ1) is 16.9. The second-order valence-corrected chi connectivity index (χ2v) is 5.82. The van der Waals surface area contributed by atoms with Gasteiger partial charge in [0.15, 0.2) is 0 Å². The maximum Gasteiger partial charge on any atom is 0.269 e. The number of hydrogen-bond donors (Lipinski definition) is 2. The van der Waals surface area contributed by atoms with Crippen molar-refractivity contribution in [3.8, 4) is 0 Å². The van der Waals surface area contributed by atoms with Crippen LogP contribution >= 0.6 is 0 Å². The summed E-state index contributed by atoms with van der Waals surface area (Å²) in [5.74, 6) is -0.363. The van der Waals surface area contributed by atoms with Crippen LogP contribution in [0.3, 0.4) is 0 Å². The Morgan fingerprint density at radius 2 is 1.96 bits per heavy atom. The zero-order valence-corrected chi connectivity index (χ0v) is 13.2. The number of benzene rings is 1. The first-order chi connectivity index (χ1) is 10.8. The lowest BCUT2D eigenvalue weighted by Gasteiger charge is -2.16. The summed E-state index contributed by atoms with van der Waals surface area (Å²) < 4.78 is 0. The molecule has 0 spiro atoms. The van der Waals surface area contributed by atoms with E-state index < -0.39 is 4.92 Å². The number of nitro groups is 1. The van der Waals surface area contributed by atoms with E-state index in [4.69, 9.17) is 0 Å². The summed E-state index contributed by atoms with van der Waals surface area (Å²) in [7, 11) is 1.69. The minimum atomic E-state index is -0.481. The van der Waals surface area contributed by atoms with Crippen molar-refractivity contribution < 1.29 is 14.5 Å². The summed E-state index contributed by atoms with van der Waals surface area (Å²) in [6.07, 6.45) is 2.05. The predicted molar refractivity (Wildman–Crippen MR) is 85.1 cm³/mol. The molecule has 8 heteroatoms. The van der Waals surface area contributed by atoms with Gasteiger partial charge >= 0.3 is 0 Å². The van der Waals surface area contributed by atoms with Crippen molar-refractivity contribution >= 4 is 23.2 Å². The highest BCUT2D eigenvalue weighted by molar-refractivity contribution is 5.93. The standard InChI is InChI=1S/C15H20N4O4/c1-10-7-12(19(22)23)5-6-13(10)17-15(21)9-18(2)8-14(20)16-11-3-4-11/h5-7,11H,3-4,8-9H2,1-2H3,(H,16,20)(H,17,21). The Kier molecular flexibility index (Phi) is 5.28. The van der Waals surface area contributed by atoms with Crippen molar-refractivity contribution in [2.45, 2.75) is 25.8 Å². The van der Waals surface area contributed by atoms with Gasteiger partial charge in [-0.1, -0.05) is 0 Å². The number of hydrogen-bond acceptors (Lipinski definition) is 5. The smallest absolute Gasteiger partial charge is 0.269 e. The van der Waals surface area contributed by atoms with Crippen LogP contribution in [-0.2, 0) is 9.59 Å². The van der Waals surface area contributed by atoms with Gasteiger partial charge in [-0.3, -0.25) is 24.6 Å². The van der Waals surface area contributed by atoms with E-state index in [0.29, 0.717) is 17.3 Å². The average molecular weight is 320 g/mol. The van der Waals surface area contributed by atoms with Crippen LogP contribution in [0.4, 0.5) is 11.4 Å². The number of amides is 2. The molecule has 8 nitrogen and oxygen atoms in total. The Hall–Kier alpha value is -2.48. The van der Waals surface area contributed by atoms with E-state index >= 15 is 0 Å². The zero-order valence-electron chi connectivity index (χ0n) is 13.2. The van der Waals surface area contributed by atoms with Gasteiger partial charge in [-0.05, 0) is 38.4 Å². The van der Waals surface area contributed by atoms with E-state index in [0.717, 1.165) is 12.8 Å². The average Bonchev–Trinajstić information content (AvgIpc) is 3.24. The van der Waals surface area contributed by atoms with Crippen molar-refractivity contribution in [3.05, 3.63) is 33.9 Å². The van der Waals surface area contributed by atoms with E-state index in [2.05, 4.69) is 10.6 Å². The molecule has 0 bridgehead atoms. The van der Waals surface area contributed by atoms with Gasteiger partial charge in [0.2, 0.25) is 11.8 Å². The fraction of sp³-hybridized carbons (Fsp3) is 0.467. The summed E-state index contributed by atoms with van der Waals surface area (Å²) in [6.45, 7) is 1.91. The number of nitrogens with zero attached hydrogens (tertiary/aromatic N) is 2. The molecule has 23 heavy (non-hydrogen) atoms. The Bertz CT molecular complexity index is 628. The molecular weight excluding hydrogens is 300 g/mol. The van der Waals surface area contributed by atoms with Gasteiger partial charge in [-0.25, -0.2) is 0 Å². The number of nitro benzene ring substituents is 1. The van der Waals surface area contributed by atoms with Crippen LogP contribution in [0, 0.1) is 17.0 Å². The van der Waals surface area contributed by atoms with Gasteiger partial charge in [0.05, 0.1) is 18.0 Å². The molecule has 0 saturated heterocycles. The third-order valence-electron chi connectivity index (χ3n) is 3.46. The number of carbonyl (C=O) groups is 2. The van der Waals surface area contributed by atoms with Crippen LogP contribution in [0.25, 0.3) is 0 Å². The fourth-order valence-electron chi connectivity index (χ4n) is 2.14.